The smallest absolute Gasteiger partial charge is 0.131 e. The zero-order valence-corrected chi connectivity index (χ0v) is 18.6. The van der Waals surface area contributed by atoms with E-state index >= 15 is 0 Å². The van der Waals surface area contributed by atoms with Gasteiger partial charge in [-0.2, -0.15) is 0 Å². The van der Waals surface area contributed by atoms with Gasteiger partial charge < -0.3 is 0 Å². The summed E-state index contributed by atoms with van der Waals surface area (Å²) in [5.41, 5.74) is 4.01. The molecule has 2 aliphatic rings. The molecule has 0 heterocycles. The number of halogens is 1. The Morgan fingerprint density at radius 2 is 1.41 bits per heavy atom. The molecule has 0 unspecified atom stereocenters. The van der Waals surface area contributed by atoms with Crippen LogP contribution >= 0.6 is 0 Å². The van der Waals surface area contributed by atoms with E-state index in [0.717, 1.165) is 29.4 Å². The van der Waals surface area contributed by atoms with E-state index in [0.29, 0.717) is 5.56 Å². The van der Waals surface area contributed by atoms with E-state index < -0.39 is 0 Å². The largest absolute Gasteiger partial charge is 0.206 e. The molecule has 2 aromatic rings. The molecule has 0 nitrogen and oxygen atoms in total. The summed E-state index contributed by atoms with van der Waals surface area (Å²) in [6.07, 6.45) is 17.0. The normalized spacial score (nSPS) is 21.9. The van der Waals surface area contributed by atoms with Crippen molar-refractivity contribution in [2.75, 3.05) is 0 Å². The molecule has 4 rings (SSSR count). The Morgan fingerprint density at radius 1 is 0.828 bits per heavy atom. The van der Waals surface area contributed by atoms with E-state index in [1.807, 2.05) is 19.1 Å². The molecule has 0 aromatic heterocycles. The van der Waals surface area contributed by atoms with Gasteiger partial charge >= 0.3 is 0 Å². The molecule has 0 aliphatic heterocycles. The van der Waals surface area contributed by atoms with Crippen molar-refractivity contribution in [3.8, 4) is 11.1 Å². The molecule has 0 bridgehead atoms. The number of rotatable bonds is 4. The van der Waals surface area contributed by atoms with Crippen LogP contribution in [0.25, 0.3) is 11.1 Å². The second-order valence-electron chi connectivity index (χ2n) is 9.47. The summed E-state index contributed by atoms with van der Waals surface area (Å²) in [7, 11) is 0. The highest BCUT2D eigenvalue weighted by molar-refractivity contribution is 5.64. The van der Waals surface area contributed by atoms with E-state index in [2.05, 4.69) is 31.2 Å². The molecule has 29 heavy (non-hydrogen) atoms. The molecular weight excluding hydrogens is 355 g/mol. The summed E-state index contributed by atoms with van der Waals surface area (Å²) in [5, 5.41) is 0. The van der Waals surface area contributed by atoms with Crippen molar-refractivity contribution in [3.63, 3.8) is 0 Å². The lowest BCUT2D eigenvalue weighted by atomic mass is 9.80. The highest BCUT2D eigenvalue weighted by atomic mass is 19.1. The molecular formula is C28H43F. The Kier molecular flexibility index (Phi) is 8.77. The first kappa shape index (κ1) is 22.1. The molecule has 1 heteroatoms. The fourth-order valence-corrected chi connectivity index (χ4v) is 4.75. The Labute approximate surface area is 180 Å². The van der Waals surface area contributed by atoms with Crippen LogP contribution in [0.4, 0.5) is 4.39 Å². The second kappa shape index (κ2) is 11.5. The first-order chi connectivity index (χ1) is 14.1. The first-order valence-corrected chi connectivity index (χ1v) is 12.0. The fourth-order valence-electron chi connectivity index (χ4n) is 4.75. The number of hydrogen-bond acceptors (Lipinski definition) is 0. The van der Waals surface area contributed by atoms with Gasteiger partial charge in [0.1, 0.15) is 5.82 Å². The second-order valence-corrected chi connectivity index (χ2v) is 9.47. The number of benzene rings is 2. The van der Waals surface area contributed by atoms with Crippen molar-refractivity contribution in [1.29, 1.82) is 0 Å². The van der Waals surface area contributed by atoms with Gasteiger partial charge in [-0.1, -0.05) is 108 Å². The summed E-state index contributed by atoms with van der Waals surface area (Å²) in [6, 6.07) is 13.9. The van der Waals surface area contributed by atoms with Gasteiger partial charge in [0.15, 0.2) is 0 Å². The van der Waals surface area contributed by atoms with Crippen LogP contribution in [0.5, 0.6) is 0 Å². The maximum absolute atomic E-state index is 14.1. The van der Waals surface area contributed by atoms with E-state index in [-0.39, 0.29) is 8.67 Å². The van der Waals surface area contributed by atoms with Crippen LogP contribution in [-0.2, 0) is 6.42 Å². The summed E-state index contributed by atoms with van der Waals surface area (Å²) in [5.74, 6) is 1.70. The van der Waals surface area contributed by atoms with Crippen LogP contribution in [-0.4, -0.2) is 0 Å². The lowest BCUT2D eigenvalue weighted by molar-refractivity contribution is 0.278. The Bertz CT molecular complexity index is 718. The molecule has 2 aromatic carbocycles. The molecule has 0 atom stereocenters. The zero-order valence-electron chi connectivity index (χ0n) is 18.6. The van der Waals surface area contributed by atoms with Crippen molar-refractivity contribution < 1.29 is 7.24 Å². The summed E-state index contributed by atoms with van der Waals surface area (Å²) >= 11 is 0. The minimum atomic E-state index is -0.130. The van der Waals surface area contributed by atoms with Crippen molar-refractivity contribution in [1.82, 2.24) is 0 Å². The van der Waals surface area contributed by atoms with E-state index in [1.54, 1.807) is 6.07 Å². The van der Waals surface area contributed by atoms with Crippen LogP contribution in [0, 0.1) is 24.6 Å². The van der Waals surface area contributed by atoms with Crippen LogP contribution in [0.3, 0.4) is 0 Å². The van der Waals surface area contributed by atoms with Gasteiger partial charge in [0, 0.05) is 8.42 Å². The standard InChI is InChI=1S/C22H27F.C6H12.2H2/c1-16-3-6-18(7-4-16)8-9-19-10-12-20(13-11-19)21-14-5-17(2)15-22(21)23;1-2-4-6-5-3-1;;/h5,10-16,18H,3-4,6-9H2,1-2H3;1-6H2;2*1H. The zero-order chi connectivity index (χ0) is 20.5. The Hall–Kier alpha value is -1.63. The van der Waals surface area contributed by atoms with Crippen LogP contribution in [0.15, 0.2) is 42.5 Å². The van der Waals surface area contributed by atoms with Crippen molar-refractivity contribution in [2.45, 2.75) is 90.9 Å². The average Bonchev–Trinajstić information content (AvgIpc) is 2.76. The first-order valence-electron chi connectivity index (χ1n) is 12.0. The third-order valence-corrected chi connectivity index (χ3v) is 6.87. The molecule has 0 amide bonds. The van der Waals surface area contributed by atoms with Gasteiger partial charge in [-0.25, -0.2) is 4.39 Å². The lowest BCUT2D eigenvalue weighted by Gasteiger charge is -2.26. The van der Waals surface area contributed by atoms with Gasteiger partial charge in [0.25, 0.3) is 0 Å². The molecule has 0 saturated heterocycles. The van der Waals surface area contributed by atoms with Gasteiger partial charge in [0.05, 0.1) is 0 Å². The van der Waals surface area contributed by atoms with Gasteiger partial charge in [0.2, 0.25) is 0 Å². The van der Waals surface area contributed by atoms with Crippen LogP contribution in [0.1, 0.15) is 91.5 Å². The minimum absolute atomic E-state index is 0. The summed E-state index contributed by atoms with van der Waals surface area (Å²) in [4.78, 5) is 0. The van der Waals surface area contributed by atoms with Gasteiger partial charge in [-0.3, -0.25) is 0 Å². The monoisotopic (exact) mass is 398 g/mol. The van der Waals surface area contributed by atoms with Gasteiger partial charge in [-0.05, 0) is 54.4 Å². The third kappa shape index (κ3) is 7.28. The molecule has 0 spiro atoms. The number of aryl methyl sites for hydroxylation is 2. The predicted molar refractivity (Wildman–Crippen MR) is 128 cm³/mol. The predicted octanol–water partition coefficient (Wildman–Crippen LogP) is 9.39. The van der Waals surface area contributed by atoms with Crippen molar-refractivity contribution >= 4 is 0 Å². The molecule has 0 radical (unpaired) electrons. The van der Waals surface area contributed by atoms with Crippen molar-refractivity contribution in [2.24, 2.45) is 11.8 Å². The fraction of sp³-hybridized carbons (Fsp3) is 0.571. The maximum Gasteiger partial charge on any atom is 0.131 e. The Morgan fingerprint density at radius 3 is 1.97 bits per heavy atom. The molecule has 2 saturated carbocycles. The topological polar surface area (TPSA) is 0 Å². The average molecular weight is 399 g/mol. The molecule has 162 valence electrons. The van der Waals surface area contributed by atoms with E-state index in [9.17, 15) is 4.39 Å². The van der Waals surface area contributed by atoms with Crippen molar-refractivity contribution in [3.05, 3.63) is 59.4 Å². The molecule has 2 aliphatic carbocycles. The Balaban J connectivity index is 0.000000522. The summed E-state index contributed by atoms with van der Waals surface area (Å²) in [6.45, 7) is 4.29. The lowest BCUT2D eigenvalue weighted by Crippen LogP contribution is -2.12. The quantitative estimate of drug-likeness (QED) is 0.481. The van der Waals surface area contributed by atoms with Crippen LogP contribution in [0.2, 0.25) is 0 Å². The third-order valence-electron chi connectivity index (χ3n) is 6.87. The molecule has 2 fully saturated rings. The number of hydrogen-bond donors (Lipinski definition) is 0. The highest BCUT2D eigenvalue weighted by Gasteiger charge is 2.17. The van der Waals surface area contributed by atoms with E-state index in [4.69, 9.17) is 0 Å². The van der Waals surface area contributed by atoms with Gasteiger partial charge in [-0.15, -0.1) is 0 Å². The molecule has 0 N–H and O–H groups in total. The van der Waals surface area contributed by atoms with Crippen LogP contribution < -0.4 is 0 Å². The maximum atomic E-state index is 14.1. The minimum Gasteiger partial charge on any atom is -0.206 e. The SMILES string of the molecule is C1CCCCC1.Cc1ccc(-c2ccc(CCC3CCC(C)CC3)cc2)c(F)c1.[HH].[HH]. The van der Waals surface area contributed by atoms with E-state index in [1.165, 1.54) is 76.2 Å². The summed E-state index contributed by atoms with van der Waals surface area (Å²) < 4.78 is 14.1. The highest BCUT2D eigenvalue weighted by Crippen LogP contribution is 2.31.